The van der Waals surface area contributed by atoms with Gasteiger partial charge in [0.2, 0.25) is 0 Å². The molecule has 0 aliphatic rings. The largest absolute Gasteiger partial charge is 1.00 e. The predicted octanol–water partition coefficient (Wildman–Crippen LogP) is -12.7. The molecule has 11 heavy (non-hydrogen) atoms. The molecule has 0 fully saturated rings. The van der Waals surface area contributed by atoms with Crippen LogP contribution in [0.25, 0.3) is 0 Å². The molecule has 0 aliphatic heterocycles. The second kappa shape index (κ2) is 22.6. The van der Waals surface area contributed by atoms with E-state index in [1.807, 2.05) is 0 Å². The summed E-state index contributed by atoms with van der Waals surface area (Å²) in [4.78, 5) is 17.2. The number of hydrogen-bond donors (Lipinski definition) is 0. The van der Waals surface area contributed by atoms with Crippen LogP contribution in [0, 0.1) is 0 Å². The molecule has 0 amide bonds. The molecule has 0 atom stereocenters. The third-order valence-corrected chi connectivity index (χ3v) is 0. The Kier molecular flexibility index (Phi) is 60.2. The standard InChI is InChI=1S/C2H4O2.CH2O3.3Na/c1-2(3)4;2-1(3)4;;;/h1H3,(H,3,4);(H2,2,3,4);;;/q;;3*+1/p-3. The van der Waals surface area contributed by atoms with Crippen LogP contribution in [0.2, 0.25) is 0 Å². The van der Waals surface area contributed by atoms with Crippen LogP contribution < -0.4 is 104 Å². The zero-order valence-electron chi connectivity index (χ0n) is 7.04. The van der Waals surface area contributed by atoms with Gasteiger partial charge in [0.1, 0.15) is 0 Å². The van der Waals surface area contributed by atoms with E-state index in [-0.39, 0.29) is 88.7 Å². The topological polar surface area (TPSA) is 103 Å². The molecule has 5 nitrogen and oxygen atoms in total. The van der Waals surface area contributed by atoms with E-state index in [1.165, 1.54) is 0 Å². The Morgan fingerprint density at radius 2 is 0.909 bits per heavy atom. The summed E-state index contributed by atoms with van der Waals surface area (Å²) in [5.74, 6) is -1.08. The summed E-state index contributed by atoms with van der Waals surface area (Å²) in [5.41, 5.74) is 0. The quantitative estimate of drug-likeness (QED) is 0.351. The molecule has 0 spiro atoms. The third-order valence-electron chi connectivity index (χ3n) is 0. The first-order valence-electron chi connectivity index (χ1n) is 1.52. The number of hydrogen-bond acceptors (Lipinski definition) is 5. The van der Waals surface area contributed by atoms with Crippen LogP contribution >= 0.6 is 0 Å². The molecule has 0 saturated carbocycles. The van der Waals surface area contributed by atoms with Crippen LogP contribution in [0.5, 0.6) is 0 Å². The molecular formula is C3H3Na3O5. The van der Waals surface area contributed by atoms with E-state index in [1.54, 1.807) is 0 Å². The normalized spacial score (nSPS) is 4.45. The van der Waals surface area contributed by atoms with Gasteiger partial charge in [-0.05, 0) is 13.1 Å². The Hall–Kier alpha value is 1.74. The zero-order valence-corrected chi connectivity index (χ0v) is 13.0. The van der Waals surface area contributed by atoms with Gasteiger partial charge in [-0.1, -0.05) is 0 Å². The Labute approximate surface area is 130 Å². The molecule has 0 heterocycles. The zero-order chi connectivity index (χ0) is 7.15. The maximum absolute atomic E-state index is 8.89. The summed E-state index contributed by atoms with van der Waals surface area (Å²) in [6.45, 7) is 0.972. The Morgan fingerprint density at radius 1 is 0.909 bits per heavy atom. The summed E-state index contributed by atoms with van der Waals surface area (Å²) in [6.07, 6.45) is -2.33. The van der Waals surface area contributed by atoms with Crippen molar-refractivity contribution in [2.75, 3.05) is 0 Å². The van der Waals surface area contributed by atoms with Crippen molar-refractivity contribution in [2.24, 2.45) is 0 Å². The summed E-state index contributed by atoms with van der Waals surface area (Å²) < 4.78 is 0. The van der Waals surface area contributed by atoms with Gasteiger partial charge in [-0.3, -0.25) is 0 Å². The average molecular weight is 188 g/mol. The maximum Gasteiger partial charge on any atom is 1.00 e. The van der Waals surface area contributed by atoms with Gasteiger partial charge in [-0.2, -0.15) is 0 Å². The molecule has 0 N–H and O–H groups in total. The van der Waals surface area contributed by atoms with Crippen LogP contribution in [-0.2, 0) is 4.79 Å². The minimum atomic E-state index is -2.33. The predicted molar refractivity (Wildman–Crippen MR) is 16.1 cm³/mol. The van der Waals surface area contributed by atoms with E-state index in [0.717, 1.165) is 6.92 Å². The van der Waals surface area contributed by atoms with E-state index < -0.39 is 12.1 Å². The number of aliphatic carboxylic acids is 1. The molecule has 0 aromatic carbocycles. The third kappa shape index (κ3) is 368. The Morgan fingerprint density at radius 3 is 0.909 bits per heavy atom. The van der Waals surface area contributed by atoms with Crippen molar-refractivity contribution in [3.8, 4) is 0 Å². The molecule has 48 valence electrons. The minimum absolute atomic E-state index is 0. The second-order valence-corrected chi connectivity index (χ2v) is 0.742. The van der Waals surface area contributed by atoms with Gasteiger partial charge in [0.05, 0.1) is 0 Å². The molecule has 0 radical (unpaired) electrons. The van der Waals surface area contributed by atoms with Gasteiger partial charge in [0, 0.05) is 5.97 Å². The van der Waals surface area contributed by atoms with Gasteiger partial charge < -0.3 is 24.9 Å². The summed E-state index contributed by atoms with van der Waals surface area (Å²) in [7, 11) is 0. The van der Waals surface area contributed by atoms with Crippen molar-refractivity contribution in [1.29, 1.82) is 0 Å². The number of carbonyl (C=O) groups excluding carboxylic acids is 2. The first-order valence-corrected chi connectivity index (χ1v) is 1.52. The fourth-order valence-corrected chi connectivity index (χ4v) is 0. The number of carbonyl (C=O) groups is 2. The van der Waals surface area contributed by atoms with Crippen LogP contribution in [0.15, 0.2) is 0 Å². The van der Waals surface area contributed by atoms with Crippen molar-refractivity contribution >= 4 is 12.1 Å². The molecular weight excluding hydrogens is 185 g/mol. The van der Waals surface area contributed by atoms with Crippen molar-refractivity contribution in [1.82, 2.24) is 0 Å². The Balaban J connectivity index is -0.0000000171. The van der Waals surface area contributed by atoms with Gasteiger partial charge in [-0.25, -0.2) is 0 Å². The SMILES string of the molecule is CC(=O)[O-].O=C([O-])[O-].[Na+].[Na+].[Na+]. The molecule has 0 saturated heterocycles. The van der Waals surface area contributed by atoms with Crippen molar-refractivity contribution in [3.63, 3.8) is 0 Å². The van der Waals surface area contributed by atoms with Gasteiger partial charge >= 0.3 is 88.7 Å². The van der Waals surface area contributed by atoms with Crippen LogP contribution in [-0.4, -0.2) is 12.1 Å². The average Bonchev–Trinajstić information content (AvgIpc) is 1.25. The summed E-state index contributed by atoms with van der Waals surface area (Å²) in [6, 6.07) is 0. The van der Waals surface area contributed by atoms with Gasteiger partial charge in [-0.15, -0.1) is 0 Å². The van der Waals surface area contributed by atoms with Gasteiger partial charge in [0.25, 0.3) is 0 Å². The molecule has 0 aliphatic carbocycles. The van der Waals surface area contributed by atoms with E-state index in [2.05, 4.69) is 0 Å². The molecule has 0 bridgehead atoms. The first-order chi connectivity index (χ1) is 3.46. The number of carboxylic acids is 1. The van der Waals surface area contributed by atoms with Gasteiger partial charge in [0.15, 0.2) is 0 Å². The molecule has 0 unspecified atom stereocenters. The van der Waals surface area contributed by atoms with Crippen LogP contribution in [0.1, 0.15) is 6.92 Å². The van der Waals surface area contributed by atoms with Crippen molar-refractivity contribution in [3.05, 3.63) is 0 Å². The molecule has 0 rings (SSSR count). The maximum atomic E-state index is 8.89. The van der Waals surface area contributed by atoms with E-state index in [9.17, 15) is 0 Å². The fourth-order valence-electron chi connectivity index (χ4n) is 0. The van der Waals surface area contributed by atoms with E-state index in [0.29, 0.717) is 0 Å². The number of rotatable bonds is 0. The fraction of sp³-hybridized carbons (Fsp3) is 0.333. The van der Waals surface area contributed by atoms with Crippen LogP contribution in [0.4, 0.5) is 4.79 Å². The Bertz CT molecular complexity index is 75.0. The monoisotopic (exact) mass is 188 g/mol. The van der Waals surface area contributed by atoms with E-state index >= 15 is 0 Å². The molecule has 8 heteroatoms. The molecule has 0 aromatic heterocycles. The van der Waals surface area contributed by atoms with Crippen LogP contribution in [0.3, 0.4) is 0 Å². The second-order valence-electron chi connectivity index (χ2n) is 0.742. The molecule has 0 aromatic rings. The summed E-state index contributed by atoms with van der Waals surface area (Å²) >= 11 is 0. The minimum Gasteiger partial charge on any atom is -0.652 e. The first kappa shape index (κ1) is 29.3. The van der Waals surface area contributed by atoms with Crippen molar-refractivity contribution in [2.45, 2.75) is 6.92 Å². The van der Waals surface area contributed by atoms with E-state index in [4.69, 9.17) is 24.9 Å². The number of carboxylic acid groups (broad SMARTS) is 3. The summed E-state index contributed by atoms with van der Waals surface area (Å²) in [5, 5.41) is 25.6. The van der Waals surface area contributed by atoms with Crippen molar-refractivity contribution < 1.29 is 114 Å². The smallest absolute Gasteiger partial charge is 0.652 e.